The third kappa shape index (κ3) is 3.96. The third-order valence-corrected chi connectivity index (χ3v) is 4.18. The first-order chi connectivity index (χ1) is 11.9. The van der Waals surface area contributed by atoms with Crippen LogP contribution in [-0.2, 0) is 22.7 Å². The van der Waals surface area contributed by atoms with Gasteiger partial charge in [0.15, 0.2) is 0 Å². The highest BCUT2D eigenvalue weighted by molar-refractivity contribution is 5.86. The van der Waals surface area contributed by atoms with E-state index in [1.807, 2.05) is 0 Å². The van der Waals surface area contributed by atoms with Crippen molar-refractivity contribution in [3.05, 3.63) is 47.4 Å². The summed E-state index contributed by atoms with van der Waals surface area (Å²) in [5.74, 6) is -0.205. The van der Waals surface area contributed by atoms with E-state index in [0.717, 1.165) is 11.3 Å². The van der Waals surface area contributed by atoms with Crippen molar-refractivity contribution in [3.63, 3.8) is 0 Å². The van der Waals surface area contributed by atoms with E-state index in [1.54, 1.807) is 30.0 Å². The second-order valence-electron chi connectivity index (χ2n) is 6.13. The molecule has 2 N–H and O–H groups in total. The minimum Gasteiger partial charge on any atom is -0.384 e. The summed E-state index contributed by atoms with van der Waals surface area (Å²) in [4.78, 5) is 27.9. The molecular formula is C17H20FN5O2. The molecule has 2 aromatic rings. The maximum atomic E-state index is 13.0. The largest absolute Gasteiger partial charge is 0.384 e. The van der Waals surface area contributed by atoms with Gasteiger partial charge in [-0.05, 0) is 24.6 Å². The van der Waals surface area contributed by atoms with Crippen molar-refractivity contribution in [1.29, 1.82) is 0 Å². The van der Waals surface area contributed by atoms with Gasteiger partial charge in [-0.15, -0.1) is 0 Å². The van der Waals surface area contributed by atoms with Crippen LogP contribution in [0.15, 0.2) is 30.3 Å². The number of benzene rings is 1. The smallest absolute Gasteiger partial charge is 0.244 e. The summed E-state index contributed by atoms with van der Waals surface area (Å²) < 4.78 is 14.4. The number of aryl methyl sites for hydroxylation is 1. The highest BCUT2D eigenvalue weighted by Crippen LogP contribution is 2.12. The number of nitrogens with zero attached hydrogens (tertiary/aromatic N) is 4. The van der Waals surface area contributed by atoms with E-state index < -0.39 is 0 Å². The first kappa shape index (κ1) is 16.9. The molecule has 2 amide bonds. The monoisotopic (exact) mass is 345 g/mol. The highest BCUT2D eigenvalue weighted by Gasteiger charge is 2.27. The molecule has 0 aliphatic carbocycles. The lowest BCUT2D eigenvalue weighted by molar-refractivity contribution is -0.146. The van der Waals surface area contributed by atoms with Gasteiger partial charge < -0.3 is 15.5 Å². The molecule has 1 aliphatic heterocycles. The number of hydrogen-bond acceptors (Lipinski definition) is 4. The second kappa shape index (κ2) is 6.92. The normalized spacial score (nSPS) is 14.9. The van der Waals surface area contributed by atoms with Crippen molar-refractivity contribution < 1.29 is 14.0 Å². The zero-order valence-electron chi connectivity index (χ0n) is 14.0. The van der Waals surface area contributed by atoms with Gasteiger partial charge in [-0.25, -0.2) is 9.07 Å². The van der Waals surface area contributed by atoms with Gasteiger partial charge in [0.2, 0.25) is 11.8 Å². The Morgan fingerprint density at radius 3 is 2.60 bits per heavy atom. The summed E-state index contributed by atoms with van der Waals surface area (Å²) in [5.41, 5.74) is 7.39. The van der Waals surface area contributed by atoms with Gasteiger partial charge in [0.25, 0.3) is 0 Å². The molecule has 1 aliphatic rings. The molecule has 7 nitrogen and oxygen atoms in total. The molecule has 1 fully saturated rings. The van der Waals surface area contributed by atoms with Crippen LogP contribution in [0.4, 0.5) is 10.2 Å². The molecule has 0 unspecified atom stereocenters. The predicted octanol–water partition coefficient (Wildman–Crippen LogP) is 0.784. The van der Waals surface area contributed by atoms with Gasteiger partial charge in [0.05, 0.1) is 12.2 Å². The molecular weight excluding hydrogens is 325 g/mol. The van der Waals surface area contributed by atoms with Crippen LogP contribution in [0.3, 0.4) is 0 Å². The van der Waals surface area contributed by atoms with Crippen molar-refractivity contribution >= 4 is 17.6 Å². The Bertz CT molecular complexity index is 787. The molecule has 0 saturated carbocycles. The van der Waals surface area contributed by atoms with Crippen LogP contribution >= 0.6 is 0 Å². The lowest BCUT2D eigenvalue weighted by Gasteiger charge is -2.34. The number of anilines is 1. The number of piperazine rings is 1. The average molecular weight is 345 g/mol. The Morgan fingerprint density at radius 2 is 2.00 bits per heavy atom. The highest BCUT2D eigenvalue weighted by atomic mass is 19.1. The fraction of sp³-hybridized carbons (Fsp3) is 0.353. The number of carbonyl (C=O) groups excluding carboxylic acids is 2. The number of nitrogens with two attached hydrogens (primary N) is 1. The van der Waals surface area contributed by atoms with E-state index in [-0.39, 0.29) is 30.7 Å². The van der Waals surface area contributed by atoms with Gasteiger partial charge >= 0.3 is 0 Å². The number of rotatable bonds is 4. The molecule has 25 heavy (non-hydrogen) atoms. The molecule has 1 saturated heterocycles. The molecule has 3 rings (SSSR count). The fourth-order valence-corrected chi connectivity index (χ4v) is 2.82. The molecule has 1 aromatic heterocycles. The number of aromatic nitrogens is 2. The molecule has 0 radical (unpaired) electrons. The van der Waals surface area contributed by atoms with Crippen molar-refractivity contribution in [2.24, 2.45) is 0 Å². The van der Waals surface area contributed by atoms with Gasteiger partial charge in [0.1, 0.15) is 18.2 Å². The van der Waals surface area contributed by atoms with Crippen molar-refractivity contribution in [2.45, 2.75) is 20.0 Å². The molecule has 0 atom stereocenters. The van der Waals surface area contributed by atoms with Crippen LogP contribution in [0, 0.1) is 12.7 Å². The topological polar surface area (TPSA) is 84.5 Å². The zero-order valence-corrected chi connectivity index (χ0v) is 14.0. The lowest BCUT2D eigenvalue weighted by atomic mass is 10.2. The molecule has 8 heteroatoms. The van der Waals surface area contributed by atoms with Crippen LogP contribution in [-0.4, -0.2) is 51.0 Å². The lowest BCUT2D eigenvalue weighted by Crippen LogP contribution is -2.52. The maximum Gasteiger partial charge on any atom is 0.244 e. The molecule has 0 bridgehead atoms. The molecule has 1 aromatic carbocycles. The van der Waals surface area contributed by atoms with Crippen LogP contribution < -0.4 is 5.73 Å². The van der Waals surface area contributed by atoms with Crippen LogP contribution in [0.2, 0.25) is 0 Å². The standard InChI is InChI=1S/C17H20FN5O2/c1-12-8-15(19)23(20-12)11-17(25)22-7-6-21(16(24)10-22)9-13-2-4-14(18)5-3-13/h2-5,8H,6-7,9-11,19H2,1H3. The maximum absolute atomic E-state index is 13.0. The SMILES string of the molecule is Cc1cc(N)n(CC(=O)N2CCN(Cc3ccc(F)cc3)C(=O)C2)n1. The van der Waals surface area contributed by atoms with E-state index >= 15 is 0 Å². The Balaban J connectivity index is 1.57. The molecule has 132 valence electrons. The van der Waals surface area contributed by atoms with E-state index in [0.29, 0.717) is 25.5 Å². The Morgan fingerprint density at radius 1 is 1.28 bits per heavy atom. The Labute approximate surface area is 144 Å². The summed E-state index contributed by atoms with van der Waals surface area (Å²) in [6.45, 7) is 3.15. The van der Waals surface area contributed by atoms with Gasteiger partial charge in [0, 0.05) is 25.7 Å². The summed E-state index contributed by atoms with van der Waals surface area (Å²) in [6, 6.07) is 7.75. The average Bonchev–Trinajstić information content (AvgIpc) is 2.88. The van der Waals surface area contributed by atoms with Crippen LogP contribution in [0.25, 0.3) is 0 Å². The minimum atomic E-state index is -0.307. The minimum absolute atomic E-state index is 0.0188. The summed E-state index contributed by atoms with van der Waals surface area (Å²) in [7, 11) is 0. The quantitative estimate of drug-likeness (QED) is 0.888. The van der Waals surface area contributed by atoms with Crippen molar-refractivity contribution in [3.8, 4) is 0 Å². The number of halogens is 1. The molecule has 0 spiro atoms. The summed E-state index contributed by atoms with van der Waals surface area (Å²) in [6.07, 6.45) is 0. The van der Waals surface area contributed by atoms with E-state index in [1.165, 1.54) is 21.7 Å². The van der Waals surface area contributed by atoms with Gasteiger partial charge in [-0.2, -0.15) is 5.10 Å². The number of amides is 2. The summed E-state index contributed by atoms with van der Waals surface area (Å²) in [5, 5.41) is 4.16. The van der Waals surface area contributed by atoms with Gasteiger partial charge in [-0.3, -0.25) is 9.59 Å². The first-order valence-electron chi connectivity index (χ1n) is 8.02. The van der Waals surface area contributed by atoms with Gasteiger partial charge in [-0.1, -0.05) is 12.1 Å². The van der Waals surface area contributed by atoms with Crippen LogP contribution in [0.1, 0.15) is 11.3 Å². The van der Waals surface area contributed by atoms with E-state index in [2.05, 4.69) is 5.10 Å². The summed E-state index contributed by atoms with van der Waals surface area (Å²) >= 11 is 0. The van der Waals surface area contributed by atoms with Crippen molar-refractivity contribution in [2.75, 3.05) is 25.4 Å². The third-order valence-electron chi connectivity index (χ3n) is 4.18. The Hall–Kier alpha value is -2.90. The van der Waals surface area contributed by atoms with E-state index in [4.69, 9.17) is 5.73 Å². The second-order valence-corrected chi connectivity index (χ2v) is 6.13. The molecule has 2 heterocycles. The predicted molar refractivity (Wildman–Crippen MR) is 89.8 cm³/mol. The fourth-order valence-electron chi connectivity index (χ4n) is 2.82. The van der Waals surface area contributed by atoms with Crippen LogP contribution in [0.5, 0.6) is 0 Å². The zero-order chi connectivity index (χ0) is 18.0. The Kier molecular flexibility index (Phi) is 4.69. The first-order valence-corrected chi connectivity index (χ1v) is 8.02. The number of nitrogen functional groups attached to an aromatic ring is 1. The van der Waals surface area contributed by atoms with E-state index in [9.17, 15) is 14.0 Å². The number of carbonyl (C=O) groups is 2. The number of hydrogen-bond donors (Lipinski definition) is 1. The van der Waals surface area contributed by atoms with Crippen molar-refractivity contribution in [1.82, 2.24) is 19.6 Å².